The molecule has 2 aromatic carbocycles. The van der Waals surface area contributed by atoms with E-state index in [1.807, 2.05) is 24.3 Å². The third-order valence-corrected chi connectivity index (χ3v) is 4.15. The van der Waals surface area contributed by atoms with E-state index in [1.54, 1.807) is 0 Å². The summed E-state index contributed by atoms with van der Waals surface area (Å²) in [6.07, 6.45) is 1.44. The Bertz CT molecular complexity index is 682. The first-order chi connectivity index (χ1) is 10.5. The van der Waals surface area contributed by atoms with Crippen molar-refractivity contribution in [1.29, 1.82) is 0 Å². The van der Waals surface area contributed by atoms with Crippen LogP contribution in [0.3, 0.4) is 0 Å². The summed E-state index contributed by atoms with van der Waals surface area (Å²) in [6, 6.07) is 9.90. The van der Waals surface area contributed by atoms with Gasteiger partial charge in [-0.2, -0.15) is 0 Å². The summed E-state index contributed by atoms with van der Waals surface area (Å²) in [5, 5.41) is 22.8. The van der Waals surface area contributed by atoms with Crippen molar-refractivity contribution in [2.75, 3.05) is 6.54 Å². The molecule has 3 nitrogen and oxygen atoms in total. The summed E-state index contributed by atoms with van der Waals surface area (Å²) in [7, 11) is 0. The maximum Gasteiger partial charge on any atom is 0.187 e. The fraction of sp³-hybridized carbons (Fsp3) is 0.294. The summed E-state index contributed by atoms with van der Waals surface area (Å²) in [5.41, 5.74) is 1.46. The molecular formula is C17H17F2NO2. The van der Waals surface area contributed by atoms with Crippen molar-refractivity contribution in [2.24, 2.45) is 0 Å². The van der Waals surface area contributed by atoms with E-state index in [1.165, 1.54) is 0 Å². The second-order valence-electron chi connectivity index (χ2n) is 5.70. The van der Waals surface area contributed by atoms with Gasteiger partial charge in [-0.05, 0) is 41.7 Å². The SMILES string of the molecule is Oc1c(F)cc(CNC[C@]2(O)CCc3ccccc32)cc1F. The molecule has 116 valence electrons. The van der Waals surface area contributed by atoms with Crippen LogP contribution in [0, 0.1) is 11.6 Å². The Kier molecular flexibility index (Phi) is 3.85. The second kappa shape index (κ2) is 5.66. The molecule has 5 heteroatoms. The number of nitrogens with one attached hydrogen (secondary N) is 1. The van der Waals surface area contributed by atoms with Crippen molar-refractivity contribution < 1.29 is 19.0 Å². The first-order valence-electron chi connectivity index (χ1n) is 7.18. The summed E-state index contributed by atoms with van der Waals surface area (Å²) in [6.45, 7) is 0.507. The maximum atomic E-state index is 13.3. The number of aryl methyl sites for hydroxylation is 1. The van der Waals surface area contributed by atoms with E-state index >= 15 is 0 Å². The van der Waals surface area contributed by atoms with E-state index < -0.39 is 23.0 Å². The molecule has 0 radical (unpaired) electrons. The van der Waals surface area contributed by atoms with Gasteiger partial charge in [0.2, 0.25) is 0 Å². The summed E-state index contributed by atoms with van der Waals surface area (Å²) in [5.74, 6) is -2.93. The van der Waals surface area contributed by atoms with E-state index in [0.717, 1.165) is 29.7 Å². The number of phenols is 1. The van der Waals surface area contributed by atoms with E-state index in [-0.39, 0.29) is 6.54 Å². The fourth-order valence-electron chi connectivity index (χ4n) is 2.99. The summed E-state index contributed by atoms with van der Waals surface area (Å²) < 4.78 is 26.5. The molecule has 0 amide bonds. The van der Waals surface area contributed by atoms with Crippen LogP contribution < -0.4 is 5.32 Å². The lowest BCUT2D eigenvalue weighted by molar-refractivity contribution is 0.0384. The van der Waals surface area contributed by atoms with Crippen LogP contribution in [0.15, 0.2) is 36.4 Å². The normalized spacial score (nSPS) is 20.1. The molecule has 22 heavy (non-hydrogen) atoms. The van der Waals surface area contributed by atoms with Crippen molar-refractivity contribution in [3.05, 3.63) is 64.7 Å². The Hall–Kier alpha value is -1.98. The van der Waals surface area contributed by atoms with Gasteiger partial charge in [-0.15, -0.1) is 0 Å². The van der Waals surface area contributed by atoms with Crippen LogP contribution in [0.4, 0.5) is 8.78 Å². The molecule has 1 atom stereocenters. The molecule has 0 saturated carbocycles. The lowest BCUT2D eigenvalue weighted by Gasteiger charge is -2.24. The highest BCUT2D eigenvalue weighted by atomic mass is 19.1. The third-order valence-electron chi connectivity index (χ3n) is 4.15. The molecule has 3 N–H and O–H groups in total. The molecule has 2 aromatic rings. The van der Waals surface area contributed by atoms with Gasteiger partial charge in [0.15, 0.2) is 17.4 Å². The number of halogens is 2. The Morgan fingerprint density at radius 1 is 1.14 bits per heavy atom. The minimum absolute atomic E-state index is 0.207. The molecule has 0 spiro atoms. The third kappa shape index (κ3) is 2.69. The van der Waals surface area contributed by atoms with Gasteiger partial charge < -0.3 is 15.5 Å². The van der Waals surface area contributed by atoms with Crippen molar-refractivity contribution >= 4 is 0 Å². The van der Waals surface area contributed by atoms with Crippen LogP contribution >= 0.6 is 0 Å². The van der Waals surface area contributed by atoms with E-state index in [4.69, 9.17) is 5.11 Å². The minimum Gasteiger partial charge on any atom is -0.503 e. The number of hydrogen-bond donors (Lipinski definition) is 3. The predicted molar refractivity (Wildman–Crippen MR) is 78.4 cm³/mol. The van der Waals surface area contributed by atoms with Gasteiger partial charge in [0.1, 0.15) is 5.60 Å². The summed E-state index contributed by atoms with van der Waals surface area (Å²) in [4.78, 5) is 0. The number of hydrogen-bond acceptors (Lipinski definition) is 3. The Labute approximate surface area is 127 Å². The van der Waals surface area contributed by atoms with Crippen LogP contribution in [-0.4, -0.2) is 16.8 Å². The molecule has 0 aliphatic heterocycles. The molecule has 3 rings (SSSR count). The average Bonchev–Trinajstić information content (AvgIpc) is 2.83. The lowest BCUT2D eigenvalue weighted by Crippen LogP contribution is -2.36. The van der Waals surface area contributed by atoms with E-state index in [9.17, 15) is 13.9 Å². The zero-order valence-electron chi connectivity index (χ0n) is 11.9. The van der Waals surface area contributed by atoms with Gasteiger partial charge in [-0.1, -0.05) is 24.3 Å². The first-order valence-corrected chi connectivity index (χ1v) is 7.18. The van der Waals surface area contributed by atoms with Crippen molar-refractivity contribution in [2.45, 2.75) is 25.0 Å². The van der Waals surface area contributed by atoms with Gasteiger partial charge in [0.05, 0.1) is 0 Å². The Morgan fingerprint density at radius 3 is 2.55 bits per heavy atom. The van der Waals surface area contributed by atoms with Gasteiger partial charge in [-0.25, -0.2) is 8.78 Å². The largest absolute Gasteiger partial charge is 0.503 e. The van der Waals surface area contributed by atoms with Crippen molar-refractivity contribution in [3.8, 4) is 5.75 Å². The van der Waals surface area contributed by atoms with Crippen molar-refractivity contribution in [3.63, 3.8) is 0 Å². The molecule has 0 saturated heterocycles. The molecular weight excluding hydrogens is 288 g/mol. The average molecular weight is 305 g/mol. The number of aromatic hydroxyl groups is 1. The maximum absolute atomic E-state index is 13.3. The molecule has 0 fully saturated rings. The molecule has 0 unspecified atom stereocenters. The minimum atomic E-state index is -0.985. The number of rotatable bonds is 4. The predicted octanol–water partition coefficient (Wildman–Crippen LogP) is 2.59. The van der Waals surface area contributed by atoms with E-state index in [0.29, 0.717) is 18.5 Å². The van der Waals surface area contributed by atoms with Crippen LogP contribution in [0.5, 0.6) is 5.75 Å². The first kappa shape index (κ1) is 14.9. The topological polar surface area (TPSA) is 52.5 Å². The van der Waals surface area contributed by atoms with Crippen LogP contribution in [0.1, 0.15) is 23.1 Å². The highest BCUT2D eigenvalue weighted by molar-refractivity contribution is 5.37. The molecule has 1 aliphatic carbocycles. The Morgan fingerprint density at radius 2 is 1.82 bits per heavy atom. The highest BCUT2D eigenvalue weighted by Crippen LogP contribution is 2.36. The zero-order valence-corrected chi connectivity index (χ0v) is 11.9. The smallest absolute Gasteiger partial charge is 0.187 e. The standard InChI is InChI=1S/C17H17F2NO2/c18-14-7-11(8-15(19)16(14)21)9-20-10-17(22)6-5-12-3-1-2-4-13(12)17/h1-4,7-8,20-22H,5-6,9-10H2/t17-/m1/s1. The van der Waals surface area contributed by atoms with Gasteiger partial charge in [-0.3, -0.25) is 0 Å². The van der Waals surface area contributed by atoms with Crippen molar-refractivity contribution in [1.82, 2.24) is 5.32 Å². The number of phenolic OH excluding ortho intramolecular Hbond substituents is 1. The highest BCUT2D eigenvalue weighted by Gasteiger charge is 2.35. The number of aliphatic hydroxyl groups is 1. The van der Waals surface area contributed by atoms with Gasteiger partial charge in [0, 0.05) is 13.1 Å². The fourth-order valence-corrected chi connectivity index (χ4v) is 2.99. The molecule has 0 bridgehead atoms. The van der Waals surface area contributed by atoms with Crippen LogP contribution in [0.2, 0.25) is 0 Å². The van der Waals surface area contributed by atoms with Gasteiger partial charge >= 0.3 is 0 Å². The number of fused-ring (bicyclic) bond motifs is 1. The van der Waals surface area contributed by atoms with E-state index in [2.05, 4.69) is 5.32 Å². The van der Waals surface area contributed by atoms with Crippen LogP contribution in [0.25, 0.3) is 0 Å². The monoisotopic (exact) mass is 305 g/mol. The molecule has 0 heterocycles. The molecule has 0 aromatic heterocycles. The zero-order chi connectivity index (χ0) is 15.7. The number of benzene rings is 2. The summed E-state index contributed by atoms with van der Waals surface area (Å²) >= 11 is 0. The lowest BCUT2D eigenvalue weighted by atomic mass is 9.96. The second-order valence-corrected chi connectivity index (χ2v) is 5.70. The Balaban J connectivity index is 1.67. The molecule has 1 aliphatic rings. The quantitative estimate of drug-likeness (QED) is 0.814. The van der Waals surface area contributed by atoms with Gasteiger partial charge in [0.25, 0.3) is 0 Å². The van der Waals surface area contributed by atoms with Crippen LogP contribution in [-0.2, 0) is 18.6 Å².